The molecule has 4 nitrogen and oxygen atoms in total. The summed E-state index contributed by atoms with van der Waals surface area (Å²) in [4.78, 5) is 14.5. The van der Waals surface area contributed by atoms with Gasteiger partial charge < -0.3 is 15.0 Å². The van der Waals surface area contributed by atoms with Crippen molar-refractivity contribution >= 4 is 23.4 Å². The zero-order valence-electron chi connectivity index (χ0n) is 14.3. The fourth-order valence-corrected chi connectivity index (χ4v) is 4.11. The Morgan fingerprint density at radius 1 is 1.29 bits per heavy atom. The summed E-state index contributed by atoms with van der Waals surface area (Å²) in [5.41, 5.74) is 2.45. The lowest BCUT2D eigenvalue weighted by molar-refractivity contribution is 0.0773. The summed E-state index contributed by atoms with van der Waals surface area (Å²) in [6, 6.07) is 10.4. The van der Waals surface area contributed by atoms with Crippen molar-refractivity contribution in [2.45, 2.75) is 24.0 Å². The van der Waals surface area contributed by atoms with E-state index in [0.717, 1.165) is 45.6 Å². The highest BCUT2D eigenvalue weighted by atomic mass is 32.2. The van der Waals surface area contributed by atoms with Crippen molar-refractivity contribution in [2.75, 3.05) is 39.1 Å². The Hall–Kier alpha value is -1.46. The van der Waals surface area contributed by atoms with E-state index in [-0.39, 0.29) is 10.8 Å². The molecular formula is C19H26N2O2S. The van der Waals surface area contributed by atoms with Crippen LogP contribution in [0, 0.1) is 0 Å². The molecule has 0 radical (unpaired) electrons. The van der Waals surface area contributed by atoms with Gasteiger partial charge in [0.1, 0.15) is 0 Å². The maximum Gasteiger partial charge on any atom is 0.317 e. The second-order valence-electron chi connectivity index (χ2n) is 6.46. The van der Waals surface area contributed by atoms with Gasteiger partial charge in [-0.05, 0) is 36.7 Å². The average Bonchev–Trinajstić information content (AvgIpc) is 2.67. The quantitative estimate of drug-likeness (QED) is 0.908. The van der Waals surface area contributed by atoms with Gasteiger partial charge in [0.15, 0.2) is 0 Å². The van der Waals surface area contributed by atoms with Crippen molar-refractivity contribution in [1.29, 1.82) is 0 Å². The topological polar surface area (TPSA) is 41.6 Å². The molecule has 0 bridgehead atoms. The molecule has 2 amide bonds. The molecule has 2 heterocycles. The van der Waals surface area contributed by atoms with E-state index >= 15 is 0 Å². The lowest BCUT2D eigenvalue weighted by Gasteiger charge is -2.36. The molecule has 0 aliphatic carbocycles. The smallest absolute Gasteiger partial charge is 0.317 e. The van der Waals surface area contributed by atoms with E-state index in [4.69, 9.17) is 4.74 Å². The molecule has 0 spiro atoms. The summed E-state index contributed by atoms with van der Waals surface area (Å²) < 4.78 is 5.60. The number of carbonyl (C=O) groups is 1. The third-order valence-electron chi connectivity index (χ3n) is 4.98. The fourth-order valence-electron chi connectivity index (χ4n) is 3.32. The van der Waals surface area contributed by atoms with Crippen molar-refractivity contribution in [2.24, 2.45) is 0 Å². The van der Waals surface area contributed by atoms with Crippen LogP contribution in [0.3, 0.4) is 0 Å². The molecule has 0 unspecified atom stereocenters. The minimum Gasteiger partial charge on any atom is -0.381 e. The van der Waals surface area contributed by atoms with E-state index in [9.17, 15) is 4.79 Å². The largest absolute Gasteiger partial charge is 0.381 e. The van der Waals surface area contributed by atoms with Gasteiger partial charge in [0, 0.05) is 37.6 Å². The van der Waals surface area contributed by atoms with E-state index in [1.807, 2.05) is 34.9 Å². The van der Waals surface area contributed by atoms with Crippen molar-refractivity contribution in [3.8, 4) is 0 Å². The number of hydrogen-bond donors (Lipinski definition) is 1. The predicted molar refractivity (Wildman–Crippen MR) is 100 cm³/mol. The van der Waals surface area contributed by atoms with Crippen LogP contribution in [0.5, 0.6) is 0 Å². The molecule has 24 heavy (non-hydrogen) atoms. The first-order valence-corrected chi connectivity index (χ1v) is 9.85. The zero-order chi connectivity index (χ0) is 16.8. The summed E-state index contributed by atoms with van der Waals surface area (Å²) in [6.07, 6.45) is 7.31. The summed E-state index contributed by atoms with van der Waals surface area (Å²) in [5, 5.41) is 3.17. The molecule has 1 saturated heterocycles. The number of nitrogens with zero attached hydrogens (tertiary/aromatic N) is 1. The predicted octanol–water partition coefficient (Wildman–Crippen LogP) is 3.40. The number of amides is 2. The van der Waals surface area contributed by atoms with Crippen LogP contribution in [0.1, 0.15) is 24.8 Å². The number of carbonyl (C=O) groups excluding carboxylic acids is 1. The van der Waals surface area contributed by atoms with Crippen molar-refractivity contribution < 1.29 is 9.53 Å². The molecular weight excluding hydrogens is 320 g/mol. The first kappa shape index (κ1) is 17.4. The number of nitrogens with one attached hydrogen (secondary N) is 1. The summed E-state index contributed by atoms with van der Waals surface area (Å²) in [7, 11) is 0. The maximum absolute atomic E-state index is 12.6. The summed E-state index contributed by atoms with van der Waals surface area (Å²) >= 11 is 1.85. The molecule has 130 valence electrons. The van der Waals surface area contributed by atoms with E-state index in [1.165, 1.54) is 11.1 Å². The van der Waals surface area contributed by atoms with Gasteiger partial charge in [0.25, 0.3) is 0 Å². The summed E-state index contributed by atoms with van der Waals surface area (Å²) in [6.45, 7) is 3.78. The number of rotatable bonds is 4. The third-order valence-corrected chi connectivity index (χ3v) is 6.40. The molecule has 0 aromatic heterocycles. The molecule has 5 heteroatoms. The highest BCUT2D eigenvalue weighted by molar-refractivity contribution is 8.00. The molecule has 1 aromatic rings. The van der Waals surface area contributed by atoms with Gasteiger partial charge in [0.05, 0.1) is 0 Å². The Balaban J connectivity index is 1.57. The number of hydrogen-bond acceptors (Lipinski definition) is 3. The molecule has 2 aliphatic rings. The lowest BCUT2D eigenvalue weighted by atomic mass is 9.99. The van der Waals surface area contributed by atoms with Gasteiger partial charge >= 0.3 is 6.03 Å². The maximum atomic E-state index is 12.6. The molecule has 0 atom stereocenters. The molecule has 3 rings (SSSR count). The van der Waals surface area contributed by atoms with Gasteiger partial charge in [-0.1, -0.05) is 36.4 Å². The fraction of sp³-hybridized carbons (Fsp3) is 0.526. The van der Waals surface area contributed by atoms with Crippen LogP contribution in [0.25, 0.3) is 5.57 Å². The Morgan fingerprint density at radius 3 is 2.75 bits per heavy atom. The van der Waals surface area contributed by atoms with Crippen molar-refractivity contribution in [3.63, 3.8) is 0 Å². The van der Waals surface area contributed by atoms with E-state index < -0.39 is 0 Å². The number of thioether (sulfide) groups is 1. The first-order valence-electron chi connectivity index (χ1n) is 8.63. The SMILES string of the molecule is CSC1(CNC(=O)N2CCC=C(c3ccccc3)C2)CCOCC1. The van der Waals surface area contributed by atoms with Crippen LogP contribution in [-0.2, 0) is 4.74 Å². The Labute approximate surface area is 148 Å². The van der Waals surface area contributed by atoms with E-state index in [2.05, 4.69) is 29.8 Å². The van der Waals surface area contributed by atoms with Gasteiger partial charge in [-0.15, -0.1) is 0 Å². The van der Waals surface area contributed by atoms with E-state index in [1.54, 1.807) is 0 Å². The van der Waals surface area contributed by atoms with Crippen LogP contribution in [0.15, 0.2) is 36.4 Å². The molecule has 0 saturated carbocycles. The van der Waals surface area contributed by atoms with Crippen molar-refractivity contribution in [3.05, 3.63) is 42.0 Å². The van der Waals surface area contributed by atoms with Crippen LogP contribution in [0.4, 0.5) is 4.79 Å². The van der Waals surface area contributed by atoms with Gasteiger partial charge in [-0.25, -0.2) is 4.79 Å². The van der Waals surface area contributed by atoms with Crippen molar-refractivity contribution in [1.82, 2.24) is 10.2 Å². The molecule has 1 N–H and O–H groups in total. The zero-order valence-corrected chi connectivity index (χ0v) is 15.1. The highest BCUT2D eigenvalue weighted by Gasteiger charge is 2.32. The van der Waals surface area contributed by atoms with Gasteiger partial charge in [-0.2, -0.15) is 11.8 Å². The molecule has 1 fully saturated rings. The minimum atomic E-state index is 0.0523. The second-order valence-corrected chi connectivity index (χ2v) is 7.74. The minimum absolute atomic E-state index is 0.0523. The van der Waals surface area contributed by atoms with E-state index in [0.29, 0.717) is 6.54 Å². The first-order chi connectivity index (χ1) is 11.7. The molecule has 1 aromatic carbocycles. The van der Waals surface area contributed by atoms with Crippen LogP contribution < -0.4 is 5.32 Å². The third kappa shape index (κ3) is 4.14. The van der Waals surface area contributed by atoms with Crippen LogP contribution >= 0.6 is 11.8 Å². The average molecular weight is 346 g/mol. The van der Waals surface area contributed by atoms with Crippen LogP contribution in [-0.4, -0.2) is 54.8 Å². The summed E-state index contributed by atoms with van der Waals surface area (Å²) in [5.74, 6) is 0. The van der Waals surface area contributed by atoms with Gasteiger partial charge in [-0.3, -0.25) is 0 Å². The Morgan fingerprint density at radius 2 is 2.04 bits per heavy atom. The Kier molecular flexibility index (Phi) is 5.85. The second kappa shape index (κ2) is 8.08. The number of ether oxygens (including phenoxy) is 1. The monoisotopic (exact) mass is 346 g/mol. The normalized spacial score (nSPS) is 20.4. The van der Waals surface area contributed by atoms with Gasteiger partial charge in [0.2, 0.25) is 0 Å². The van der Waals surface area contributed by atoms with Crippen LogP contribution in [0.2, 0.25) is 0 Å². The number of urea groups is 1. The Bertz CT molecular complexity index is 582. The standard InChI is InChI=1S/C19H26N2O2S/c1-24-19(9-12-23-13-10-19)15-20-18(22)21-11-5-8-17(14-21)16-6-3-2-4-7-16/h2-4,6-8H,5,9-15H2,1H3,(H,20,22). The molecule has 2 aliphatic heterocycles. The lowest BCUT2D eigenvalue weighted by Crippen LogP contribution is -2.49. The number of benzene rings is 1. The highest BCUT2D eigenvalue weighted by Crippen LogP contribution is 2.33.